The standard InChI is InChI=1S/C22H21N3O2/c1-14(26)13-22-20-16(15-7-3-5-9-18(15)23-20)11-12-25(22)21(27)17-8-4-6-10-19(17)24(22)2/h3-10,23H,11-13H2,1-2H3. The Kier molecular flexibility index (Phi) is 3.26. The van der Waals surface area contributed by atoms with Gasteiger partial charge in [-0.1, -0.05) is 30.3 Å². The topological polar surface area (TPSA) is 56.4 Å². The molecule has 0 saturated carbocycles. The van der Waals surface area contributed by atoms with E-state index in [1.807, 2.05) is 48.3 Å². The van der Waals surface area contributed by atoms with Crippen molar-refractivity contribution in [1.29, 1.82) is 0 Å². The van der Waals surface area contributed by atoms with E-state index in [9.17, 15) is 9.59 Å². The summed E-state index contributed by atoms with van der Waals surface area (Å²) in [5.74, 6) is 0.0554. The molecule has 1 N–H and O–H groups in total. The Bertz CT molecular complexity index is 1100. The summed E-state index contributed by atoms with van der Waals surface area (Å²) in [6.45, 7) is 2.20. The predicted molar refractivity (Wildman–Crippen MR) is 105 cm³/mol. The van der Waals surface area contributed by atoms with E-state index < -0.39 is 5.66 Å². The monoisotopic (exact) mass is 359 g/mol. The highest BCUT2D eigenvalue weighted by molar-refractivity contribution is 6.04. The van der Waals surface area contributed by atoms with Gasteiger partial charge in [0.1, 0.15) is 5.78 Å². The molecule has 1 amide bonds. The van der Waals surface area contributed by atoms with Crippen LogP contribution in [0.2, 0.25) is 0 Å². The summed E-state index contributed by atoms with van der Waals surface area (Å²) < 4.78 is 0. The molecule has 3 aromatic rings. The van der Waals surface area contributed by atoms with Gasteiger partial charge in [0.2, 0.25) is 0 Å². The lowest BCUT2D eigenvalue weighted by atomic mass is 9.83. The van der Waals surface area contributed by atoms with Crippen LogP contribution in [0.1, 0.15) is 35.0 Å². The lowest BCUT2D eigenvalue weighted by Crippen LogP contribution is -2.65. The Hall–Kier alpha value is -3.08. The second kappa shape index (κ2) is 5.46. The van der Waals surface area contributed by atoms with Crippen LogP contribution in [-0.2, 0) is 16.9 Å². The predicted octanol–water partition coefficient (Wildman–Crippen LogP) is 3.45. The molecule has 2 aromatic carbocycles. The molecule has 1 aromatic heterocycles. The quantitative estimate of drug-likeness (QED) is 0.762. The molecule has 0 bridgehead atoms. The first-order valence-corrected chi connectivity index (χ1v) is 9.28. The van der Waals surface area contributed by atoms with Gasteiger partial charge in [0.15, 0.2) is 5.66 Å². The number of carbonyl (C=O) groups is 2. The zero-order chi connectivity index (χ0) is 18.8. The summed E-state index contributed by atoms with van der Waals surface area (Å²) >= 11 is 0. The highest BCUT2D eigenvalue weighted by Gasteiger charge is 2.54. The molecular weight excluding hydrogens is 338 g/mol. The number of ketones is 1. The van der Waals surface area contributed by atoms with E-state index in [1.165, 1.54) is 10.9 Å². The Morgan fingerprint density at radius 2 is 1.89 bits per heavy atom. The Labute approximate surface area is 157 Å². The van der Waals surface area contributed by atoms with Gasteiger partial charge in [-0.25, -0.2) is 0 Å². The summed E-state index contributed by atoms with van der Waals surface area (Å²) in [4.78, 5) is 33.3. The van der Waals surface area contributed by atoms with Crippen LogP contribution in [0.4, 0.5) is 5.69 Å². The Balaban J connectivity index is 1.84. The number of carbonyl (C=O) groups excluding carboxylic acids is 2. The maximum atomic E-state index is 13.4. The molecule has 5 heteroatoms. The van der Waals surface area contributed by atoms with Crippen molar-refractivity contribution in [1.82, 2.24) is 9.88 Å². The lowest BCUT2D eigenvalue weighted by molar-refractivity contribution is -0.120. The van der Waals surface area contributed by atoms with Gasteiger partial charge in [-0.05, 0) is 37.1 Å². The van der Waals surface area contributed by atoms with E-state index in [0.29, 0.717) is 12.1 Å². The molecule has 1 unspecified atom stereocenters. The van der Waals surface area contributed by atoms with E-state index in [2.05, 4.69) is 22.0 Å². The zero-order valence-corrected chi connectivity index (χ0v) is 15.5. The zero-order valence-electron chi connectivity index (χ0n) is 15.5. The van der Waals surface area contributed by atoms with E-state index in [4.69, 9.17) is 0 Å². The fourth-order valence-corrected chi connectivity index (χ4v) is 4.90. The van der Waals surface area contributed by atoms with Crippen molar-refractivity contribution in [3.63, 3.8) is 0 Å². The number of hydrogen-bond acceptors (Lipinski definition) is 3. The van der Waals surface area contributed by atoms with Gasteiger partial charge < -0.3 is 14.8 Å². The highest BCUT2D eigenvalue weighted by atomic mass is 16.2. The first kappa shape index (κ1) is 16.1. The van der Waals surface area contributed by atoms with Crippen LogP contribution in [0.15, 0.2) is 48.5 Å². The second-order valence-electron chi connectivity index (χ2n) is 7.50. The number of para-hydroxylation sites is 2. The van der Waals surface area contributed by atoms with Gasteiger partial charge >= 0.3 is 0 Å². The number of nitrogens with zero attached hydrogens (tertiary/aromatic N) is 2. The molecule has 2 aliphatic rings. The normalized spacial score (nSPS) is 21.0. The number of H-pyrrole nitrogens is 1. The van der Waals surface area contributed by atoms with Crippen molar-refractivity contribution in [2.75, 3.05) is 18.5 Å². The van der Waals surface area contributed by atoms with Crippen LogP contribution < -0.4 is 4.90 Å². The number of aromatic nitrogens is 1. The van der Waals surface area contributed by atoms with E-state index >= 15 is 0 Å². The first-order valence-electron chi connectivity index (χ1n) is 9.28. The number of rotatable bonds is 2. The van der Waals surface area contributed by atoms with Crippen LogP contribution in [0.3, 0.4) is 0 Å². The third kappa shape index (κ3) is 1.99. The number of aromatic amines is 1. The van der Waals surface area contributed by atoms with Gasteiger partial charge in [0.05, 0.1) is 23.4 Å². The minimum absolute atomic E-state index is 0.00532. The van der Waals surface area contributed by atoms with E-state index in [1.54, 1.807) is 6.92 Å². The average molecular weight is 359 g/mol. The van der Waals surface area contributed by atoms with Crippen molar-refractivity contribution in [3.05, 3.63) is 65.4 Å². The summed E-state index contributed by atoms with van der Waals surface area (Å²) in [7, 11) is 1.99. The van der Waals surface area contributed by atoms with Crippen LogP contribution in [0, 0.1) is 0 Å². The number of Topliss-reactive ketones (excluding diaryl/α,β-unsaturated/α-hetero) is 1. The second-order valence-corrected chi connectivity index (χ2v) is 7.50. The van der Waals surface area contributed by atoms with Crippen molar-refractivity contribution >= 4 is 28.3 Å². The molecule has 27 heavy (non-hydrogen) atoms. The highest BCUT2D eigenvalue weighted by Crippen LogP contribution is 2.48. The van der Waals surface area contributed by atoms with Gasteiger partial charge in [0, 0.05) is 24.5 Å². The number of anilines is 1. The number of fused-ring (bicyclic) bond motifs is 6. The van der Waals surface area contributed by atoms with Crippen LogP contribution in [0.5, 0.6) is 0 Å². The van der Waals surface area contributed by atoms with E-state index in [0.717, 1.165) is 23.3 Å². The fraction of sp³-hybridized carbons (Fsp3) is 0.273. The number of benzene rings is 2. The van der Waals surface area contributed by atoms with Crippen molar-refractivity contribution < 1.29 is 9.59 Å². The summed E-state index contributed by atoms with van der Waals surface area (Å²) in [5.41, 5.74) is 3.97. The summed E-state index contributed by atoms with van der Waals surface area (Å²) in [5, 5.41) is 1.18. The largest absolute Gasteiger partial charge is 0.355 e. The molecule has 5 rings (SSSR count). The molecule has 0 saturated heterocycles. The third-order valence-electron chi connectivity index (χ3n) is 6.04. The van der Waals surface area contributed by atoms with Crippen molar-refractivity contribution in [3.8, 4) is 0 Å². The van der Waals surface area contributed by atoms with Gasteiger partial charge in [0.25, 0.3) is 5.91 Å². The number of amides is 1. The molecule has 3 heterocycles. The van der Waals surface area contributed by atoms with Crippen LogP contribution in [0.25, 0.3) is 10.9 Å². The molecule has 0 radical (unpaired) electrons. The van der Waals surface area contributed by atoms with Crippen molar-refractivity contribution in [2.24, 2.45) is 0 Å². The molecular formula is C22H21N3O2. The molecule has 136 valence electrons. The van der Waals surface area contributed by atoms with Gasteiger partial charge in [-0.3, -0.25) is 9.59 Å². The Morgan fingerprint density at radius 3 is 2.70 bits per heavy atom. The number of nitrogens with one attached hydrogen (secondary N) is 1. The molecule has 5 nitrogen and oxygen atoms in total. The van der Waals surface area contributed by atoms with Crippen LogP contribution in [-0.4, -0.2) is 35.2 Å². The lowest BCUT2D eigenvalue weighted by Gasteiger charge is -2.55. The summed E-state index contributed by atoms with van der Waals surface area (Å²) in [6, 6.07) is 15.9. The van der Waals surface area contributed by atoms with Gasteiger partial charge in [-0.2, -0.15) is 0 Å². The smallest absolute Gasteiger partial charge is 0.258 e. The Morgan fingerprint density at radius 1 is 1.15 bits per heavy atom. The molecule has 0 spiro atoms. The maximum absolute atomic E-state index is 13.4. The molecule has 1 atom stereocenters. The molecule has 2 aliphatic heterocycles. The molecule has 0 aliphatic carbocycles. The SMILES string of the molecule is CC(=O)CC12c3[nH]c4ccccc4c3CCN1C(=O)c1ccccc1N2C. The number of hydrogen-bond donors (Lipinski definition) is 1. The molecule has 0 fully saturated rings. The first-order chi connectivity index (χ1) is 13.0. The summed E-state index contributed by atoms with van der Waals surface area (Å²) in [6.07, 6.45) is 1.03. The van der Waals surface area contributed by atoms with Crippen LogP contribution >= 0.6 is 0 Å². The van der Waals surface area contributed by atoms with E-state index in [-0.39, 0.29) is 18.1 Å². The van der Waals surface area contributed by atoms with Crippen molar-refractivity contribution in [2.45, 2.75) is 25.4 Å². The van der Waals surface area contributed by atoms with Gasteiger partial charge in [-0.15, -0.1) is 0 Å². The fourth-order valence-electron chi connectivity index (χ4n) is 4.90. The average Bonchev–Trinajstić information content (AvgIpc) is 3.05. The maximum Gasteiger partial charge on any atom is 0.258 e. The minimum Gasteiger partial charge on any atom is -0.355 e. The third-order valence-corrected chi connectivity index (χ3v) is 6.04. The minimum atomic E-state index is -0.816.